The zero-order valence-corrected chi connectivity index (χ0v) is 16.7. The third kappa shape index (κ3) is 4.32. The van der Waals surface area contributed by atoms with E-state index in [1.165, 1.54) is 12.1 Å². The highest BCUT2D eigenvalue weighted by molar-refractivity contribution is 5.94. The van der Waals surface area contributed by atoms with Crippen molar-refractivity contribution in [3.05, 3.63) is 60.2 Å². The van der Waals surface area contributed by atoms with Crippen LogP contribution in [0.3, 0.4) is 0 Å². The number of aliphatic hydroxyl groups is 1. The maximum atomic E-state index is 13.1. The minimum atomic E-state index is -0.663. The molecule has 4 rings (SSSR count). The number of hydrogen-bond acceptors (Lipinski definition) is 3. The van der Waals surface area contributed by atoms with Crippen LogP contribution in [0.15, 0.2) is 48.8 Å². The summed E-state index contributed by atoms with van der Waals surface area (Å²) >= 11 is 0. The Labute approximate surface area is 169 Å². The molecular weight excluding hydrogens is 369 g/mol. The van der Waals surface area contributed by atoms with Gasteiger partial charge in [0.15, 0.2) is 0 Å². The van der Waals surface area contributed by atoms with Crippen molar-refractivity contribution in [2.75, 3.05) is 0 Å². The molecule has 2 heterocycles. The molecule has 29 heavy (non-hydrogen) atoms. The summed E-state index contributed by atoms with van der Waals surface area (Å²) in [4.78, 5) is 17.3. The molecule has 1 amide bonds. The first-order chi connectivity index (χ1) is 13.8. The van der Waals surface area contributed by atoms with E-state index in [-0.39, 0.29) is 23.7 Å². The number of hydrogen-bond donors (Lipinski definition) is 2. The fourth-order valence-electron chi connectivity index (χ4n) is 4.10. The summed E-state index contributed by atoms with van der Waals surface area (Å²) < 4.78 is 15.0. The lowest BCUT2D eigenvalue weighted by atomic mass is 9.77. The van der Waals surface area contributed by atoms with Gasteiger partial charge in [0.1, 0.15) is 11.5 Å². The Bertz CT molecular complexity index is 1010. The lowest BCUT2D eigenvalue weighted by Crippen LogP contribution is -2.41. The van der Waals surface area contributed by atoms with Crippen LogP contribution in [0.4, 0.5) is 4.39 Å². The minimum Gasteiger partial charge on any atom is -0.390 e. The number of amides is 1. The first-order valence-corrected chi connectivity index (χ1v) is 10.1. The third-order valence-corrected chi connectivity index (χ3v) is 5.91. The van der Waals surface area contributed by atoms with E-state index in [0.717, 1.165) is 42.6 Å². The van der Waals surface area contributed by atoms with E-state index in [9.17, 15) is 14.3 Å². The number of aromatic nitrogens is 2. The van der Waals surface area contributed by atoms with E-state index < -0.39 is 5.60 Å². The quantitative estimate of drug-likeness (QED) is 0.696. The number of fused-ring (bicyclic) bond motifs is 1. The van der Waals surface area contributed by atoms with Gasteiger partial charge in [-0.15, -0.1) is 0 Å². The van der Waals surface area contributed by atoms with Gasteiger partial charge in [0, 0.05) is 24.0 Å². The zero-order chi connectivity index (χ0) is 20.6. The lowest BCUT2D eigenvalue weighted by Gasteiger charge is -2.36. The van der Waals surface area contributed by atoms with E-state index in [4.69, 9.17) is 0 Å². The van der Waals surface area contributed by atoms with Crippen molar-refractivity contribution in [1.82, 2.24) is 14.7 Å². The fraction of sp³-hybridized carbons (Fsp3) is 0.391. The van der Waals surface area contributed by atoms with Gasteiger partial charge < -0.3 is 14.8 Å². The molecule has 0 saturated heterocycles. The number of nitrogens with zero attached hydrogens (tertiary/aromatic N) is 2. The molecule has 1 aliphatic carbocycles. The van der Waals surface area contributed by atoms with E-state index in [2.05, 4.69) is 10.3 Å². The Morgan fingerprint density at radius 3 is 2.45 bits per heavy atom. The number of carbonyl (C=O) groups is 1. The molecule has 1 aromatic carbocycles. The first-order valence-electron chi connectivity index (χ1n) is 10.1. The predicted molar refractivity (Wildman–Crippen MR) is 110 cm³/mol. The maximum absolute atomic E-state index is 13.1. The van der Waals surface area contributed by atoms with Crippen molar-refractivity contribution < 1.29 is 14.3 Å². The molecule has 0 spiro atoms. The molecule has 1 saturated carbocycles. The summed E-state index contributed by atoms with van der Waals surface area (Å²) in [6.45, 7) is 3.72. The van der Waals surface area contributed by atoms with Crippen molar-refractivity contribution in [2.24, 2.45) is 5.92 Å². The largest absolute Gasteiger partial charge is 0.390 e. The van der Waals surface area contributed by atoms with Crippen molar-refractivity contribution >= 4 is 11.6 Å². The second-order valence-corrected chi connectivity index (χ2v) is 8.49. The topological polar surface area (TPSA) is 66.6 Å². The Balaban J connectivity index is 1.45. The molecule has 0 aliphatic heterocycles. The van der Waals surface area contributed by atoms with Gasteiger partial charge in [-0.2, -0.15) is 0 Å². The van der Waals surface area contributed by atoms with Crippen molar-refractivity contribution in [3.8, 4) is 11.3 Å². The van der Waals surface area contributed by atoms with Gasteiger partial charge in [0.25, 0.3) is 5.91 Å². The molecule has 0 bridgehead atoms. The van der Waals surface area contributed by atoms with Crippen LogP contribution < -0.4 is 5.32 Å². The van der Waals surface area contributed by atoms with E-state index in [1.54, 1.807) is 24.4 Å². The van der Waals surface area contributed by atoms with Crippen LogP contribution in [0.2, 0.25) is 0 Å². The Morgan fingerprint density at radius 1 is 1.10 bits per heavy atom. The zero-order valence-electron chi connectivity index (χ0n) is 16.7. The predicted octanol–water partition coefficient (Wildman–Crippen LogP) is 4.20. The van der Waals surface area contributed by atoms with Crippen LogP contribution in [0.25, 0.3) is 16.9 Å². The minimum absolute atomic E-state index is 0.101. The molecule has 1 aliphatic rings. The highest BCUT2D eigenvalue weighted by atomic mass is 19.1. The van der Waals surface area contributed by atoms with Crippen LogP contribution in [0.1, 0.15) is 49.9 Å². The van der Waals surface area contributed by atoms with Gasteiger partial charge in [-0.25, -0.2) is 9.37 Å². The van der Waals surface area contributed by atoms with Crippen molar-refractivity contribution in [2.45, 2.75) is 51.2 Å². The highest BCUT2D eigenvalue weighted by Crippen LogP contribution is 2.32. The first kappa shape index (κ1) is 19.6. The van der Waals surface area contributed by atoms with Gasteiger partial charge >= 0.3 is 0 Å². The van der Waals surface area contributed by atoms with Crippen LogP contribution in [0, 0.1) is 11.7 Å². The second-order valence-electron chi connectivity index (χ2n) is 8.49. The fourth-order valence-corrected chi connectivity index (χ4v) is 4.10. The summed E-state index contributed by atoms with van der Waals surface area (Å²) in [5, 5.41) is 13.3. The monoisotopic (exact) mass is 395 g/mol. The third-order valence-electron chi connectivity index (χ3n) is 5.91. The van der Waals surface area contributed by atoms with Gasteiger partial charge in [-0.1, -0.05) is 0 Å². The summed E-state index contributed by atoms with van der Waals surface area (Å²) in [6.07, 6.45) is 7.19. The Kier molecular flexibility index (Phi) is 5.13. The Morgan fingerprint density at radius 2 is 1.79 bits per heavy atom. The van der Waals surface area contributed by atoms with Crippen molar-refractivity contribution in [1.29, 1.82) is 0 Å². The number of benzene rings is 1. The summed E-state index contributed by atoms with van der Waals surface area (Å²) in [5.41, 5.74) is 2.19. The average Bonchev–Trinajstić information content (AvgIpc) is 3.11. The van der Waals surface area contributed by atoms with Crippen LogP contribution >= 0.6 is 0 Å². The molecule has 0 unspecified atom stereocenters. The number of carbonyl (C=O) groups excluding carboxylic acids is 1. The SMILES string of the molecule is CC(C)(O)C1CCC(NC(=O)c2ccc3nc(-c4ccc(F)cc4)cn3c2)CC1. The van der Waals surface area contributed by atoms with Crippen LogP contribution in [0.5, 0.6) is 0 Å². The molecule has 152 valence electrons. The molecule has 0 atom stereocenters. The number of halogens is 1. The van der Waals surface area contributed by atoms with Gasteiger partial charge in [0.05, 0.1) is 16.9 Å². The number of rotatable bonds is 4. The molecule has 6 heteroatoms. The number of imidazole rings is 1. The molecule has 0 radical (unpaired) electrons. The summed E-state index contributed by atoms with van der Waals surface area (Å²) in [5.74, 6) is -0.105. The van der Waals surface area contributed by atoms with Gasteiger partial charge in [-0.3, -0.25) is 4.79 Å². The van der Waals surface area contributed by atoms with E-state index in [0.29, 0.717) is 5.56 Å². The van der Waals surface area contributed by atoms with Crippen molar-refractivity contribution in [3.63, 3.8) is 0 Å². The normalized spacial score (nSPS) is 20.0. The maximum Gasteiger partial charge on any atom is 0.252 e. The standard InChI is InChI=1S/C23H26FN3O2/c1-23(2,29)17-6-10-19(11-7-17)25-22(28)16-5-12-21-26-20(14-27(21)13-16)15-3-8-18(24)9-4-15/h3-5,8-9,12-14,17,19,29H,6-7,10-11H2,1-2H3,(H,25,28). The van der Waals surface area contributed by atoms with Crippen LogP contribution in [-0.2, 0) is 0 Å². The molecule has 3 aromatic rings. The number of pyridine rings is 1. The van der Waals surface area contributed by atoms with E-state index >= 15 is 0 Å². The van der Waals surface area contributed by atoms with Gasteiger partial charge in [0.2, 0.25) is 0 Å². The molecule has 5 nitrogen and oxygen atoms in total. The number of nitrogens with one attached hydrogen (secondary N) is 1. The smallest absolute Gasteiger partial charge is 0.252 e. The molecule has 1 fully saturated rings. The average molecular weight is 395 g/mol. The summed E-state index contributed by atoms with van der Waals surface area (Å²) in [6, 6.07) is 9.91. The second kappa shape index (κ2) is 7.59. The summed E-state index contributed by atoms with van der Waals surface area (Å²) in [7, 11) is 0. The molecular formula is C23H26FN3O2. The molecule has 2 N–H and O–H groups in total. The Hall–Kier alpha value is -2.73. The van der Waals surface area contributed by atoms with Crippen LogP contribution in [-0.4, -0.2) is 32.0 Å². The van der Waals surface area contributed by atoms with E-state index in [1.807, 2.05) is 30.5 Å². The molecule has 2 aromatic heterocycles. The highest BCUT2D eigenvalue weighted by Gasteiger charge is 2.31. The lowest BCUT2D eigenvalue weighted by molar-refractivity contribution is -0.00257. The van der Waals surface area contributed by atoms with Gasteiger partial charge in [-0.05, 0) is 81.8 Å².